The second kappa shape index (κ2) is 6.99. The fourth-order valence-corrected chi connectivity index (χ4v) is 2.86. The maximum Gasteiger partial charge on any atom is 0.324 e. The summed E-state index contributed by atoms with van der Waals surface area (Å²) >= 11 is 1.18. The van der Waals surface area contributed by atoms with Gasteiger partial charge in [0.25, 0.3) is 0 Å². The number of nitro groups is 1. The van der Waals surface area contributed by atoms with E-state index < -0.39 is 0 Å². The molecule has 2 heterocycles. The number of aromatic nitrogens is 1. The molecule has 0 N–H and O–H groups in total. The second-order valence-corrected chi connectivity index (χ2v) is 5.46. The molecule has 0 fully saturated rings. The summed E-state index contributed by atoms with van der Waals surface area (Å²) in [7, 11) is 0. The molecule has 2 aromatic heterocycles. The minimum atomic E-state index is -0.356. The van der Waals surface area contributed by atoms with Gasteiger partial charge < -0.3 is 4.90 Å². The van der Waals surface area contributed by atoms with Crippen LogP contribution in [0.15, 0.2) is 36.7 Å². The van der Waals surface area contributed by atoms with Gasteiger partial charge in [-0.2, -0.15) is 0 Å². The van der Waals surface area contributed by atoms with Gasteiger partial charge in [0, 0.05) is 47.7 Å². The Hall–Kier alpha value is -2.21. The van der Waals surface area contributed by atoms with Gasteiger partial charge in [-0.15, -0.1) is 0 Å². The van der Waals surface area contributed by atoms with E-state index in [0.29, 0.717) is 0 Å². The van der Waals surface area contributed by atoms with Crippen LogP contribution in [-0.2, 0) is 0 Å². The standard InChI is InChI=1S/C15H17N3O2S/c1-3-17(4-2)14(12-7-9-16-10-8-12)11-13-5-6-15(21-13)18(19)20/h5-11H,3-4H2,1-2H3/b14-11+. The third-order valence-corrected chi connectivity index (χ3v) is 4.14. The third-order valence-electron chi connectivity index (χ3n) is 3.15. The van der Waals surface area contributed by atoms with Crippen LogP contribution in [0.3, 0.4) is 0 Å². The lowest BCUT2D eigenvalue weighted by Gasteiger charge is -2.24. The van der Waals surface area contributed by atoms with Crippen molar-refractivity contribution in [2.75, 3.05) is 13.1 Å². The van der Waals surface area contributed by atoms with Crippen molar-refractivity contribution in [3.8, 4) is 0 Å². The fourth-order valence-electron chi connectivity index (χ4n) is 2.10. The SMILES string of the molecule is CCN(CC)/C(=C/c1ccc([N+](=O)[O-])s1)c1ccncc1. The molecule has 110 valence electrons. The van der Waals surface area contributed by atoms with Crippen molar-refractivity contribution in [3.63, 3.8) is 0 Å². The van der Waals surface area contributed by atoms with Crippen LogP contribution in [-0.4, -0.2) is 27.9 Å². The van der Waals surface area contributed by atoms with E-state index in [1.54, 1.807) is 24.5 Å². The fraction of sp³-hybridized carbons (Fsp3) is 0.267. The summed E-state index contributed by atoms with van der Waals surface area (Å²) in [6.07, 6.45) is 5.51. The topological polar surface area (TPSA) is 59.3 Å². The number of nitrogens with zero attached hydrogens (tertiary/aromatic N) is 3. The highest BCUT2D eigenvalue weighted by Crippen LogP contribution is 2.29. The molecule has 0 aliphatic rings. The molecular formula is C15H17N3O2S. The molecule has 0 bridgehead atoms. The highest BCUT2D eigenvalue weighted by atomic mass is 32.1. The first kappa shape index (κ1) is 15.2. The number of hydrogen-bond acceptors (Lipinski definition) is 5. The van der Waals surface area contributed by atoms with Crippen LogP contribution in [0.4, 0.5) is 5.00 Å². The first-order valence-corrected chi connectivity index (χ1v) is 7.58. The Morgan fingerprint density at radius 3 is 2.48 bits per heavy atom. The van der Waals surface area contributed by atoms with E-state index in [4.69, 9.17) is 0 Å². The van der Waals surface area contributed by atoms with Crippen LogP contribution in [0.25, 0.3) is 11.8 Å². The van der Waals surface area contributed by atoms with E-state index in [1.807, 2.05) is 18.2 Å². The predicted octanol–water partition coefficient (Wildman–Crippen LogP) is 3.89. The predicted molar refractivity (Wildman–Crippen MR) is 86.0 cm³/mol. The lowest BCUT2D eigenvalue weighted by molar-refractivity contribution is -0.380. The molecule has 0 saturated carbocycles. The van der Waals surface area contributed by atoms with Crippen LogP contribution in [0, 0.1) is 10.1 Å². The minimum Gasteiger partial charge on any atom is -0.372 e. The molecule has 2 aromatic rings. The van der Waals surface area contributed by atoms with Gasteiger partial charge in [0.1, 0.15) is 0 Å². The van der Waals surface area contributed by atoms with Crippen molar-refractivity contribution in [2.24, 2.45) is 0 Å². The van der Waals surface area contributed by atoms with Gasteiger partial charge >= 0.3 is 5.00 Å². The van der Waals surface area contributed by atoms with E-state index in [9.17, 15) is 10.1 Å². The highest BCUT2D eigenvalue weighted by molar-refractivity contribution is 7.16. The average Bonchev–Trinajstić information content (AvgIpc) is 2.97. The van der Waals surface area contributed by atoms with Gasteiger partial charge in [0.15, 0.2) is 0 Å². The first-order valence-electron chi connectivity index (χ1n) is 6.77. The van der Waals surface area contributed by atoms with Crippen molar-refractivity contribution in [2.45, 2.75) is 13.8 Å². The van der Waals surface area contributed by atoms with Crippen LogP contribution in [0.5, 0.6) is 0 Å². The number of pyridine rings is 1. The van der Waals surface area contributed by atoms with Crippen molar-refractivity contribution in [3.05, 3.63) is 57.2 Å². The molecule has 0 saturated heterocycles. The lowest BCUT2D eigenvalue weighted by atomic mass is 10.1. The van der Waals surface area contributed by atoms with Crippen LogP contribution in [0.2, 0.25) is 0 Å². The van der Waals surface area contributed by atoms with E-state index in [2.05, 4.69) is 23.7 Å². The van der Waals surface area contributed by atoms with E-state index in [0.717, 1.165) is 29.2 Å². The first-order chi connectivity index (χ1) is 10.2. The van der Waals surface area contributed by atoms with Gasteiger partial charge in [-0.3, -0.25) is 15.1 Å². The molecule has 21 heavy (non-hydrogen) atoms. The smallest absolute Gasteiger partial charge is 0.324 e. The molecule has 0 aliphatic carbocycles. The van der Waals surface area contributed by atoms with Crippen LogP contribution < -0.4 is 0 Å². The van der Waals surface area contributed by atoms with Crippen molar-refractivity contribution < 1.29 is 4.92 Å². The van der Waals surface area contributed by atoms with Crippen molar-refractivity contribution in [1.82, 2.24) is 9.88 Å². The summed E-state index contributed by atoms with van der Waals surface area (Å²) in [6, 6.07) is 7.23. The summed E-state index contributed by atoms with van der Waals surface area (Å²) in [6.45, 7) is 5.93. The van der Waals surface area contributed by atoms with Crippen molar-refractivity contribution >= 4 is 28.1 Å². The molecule has 0 spiro atoms. The van der Waals surface area contributed by atoms with Crippen LogP contribution >= 0.6 is 11.3 Å². The molecule has 0 atom stereocenters. The molecule has 2 rings (SSSR count). The summed E-state index contributed by atoms with van der Waals surface area (Å²) in [4.78, 5) is 17.6. The lowest BCUT2D eigenvalue weighted by Crippen LogP contribution is -2.21. The van der Waals surface area contributed by atoms with Gasteiger partial charge in [-0.05, 0) is 38.1 Å². The molecule has 5 nitrogen and oxygen atoms in total. The van der Waals surface area contributed by atoms with E-state index in [-0.39, 0.29) is 9.92 Å². The molecule has 0 aromatic carbocycles. The monoisotopic (exact) mass is 303 g/mol. The maximum atomic E-state index is 10.8. The van der Waals surface area contributed by atoms with Gasteiger partial charge in [0.05, 0.1) is 4.92 Å². The maximum absolute atomic E-state index is 10.8. The Morgan fingerprint density at radius 1 is 1.29 bits per heavy atom. The zero-order valence-corrected chi connectivity index (χ0v) is 12.8. The minimum absolute atomic E-state index is 0.162. The zero-order chi connectivity index (χ0) is 15.2. The normalized spacial score (nSPS) is 11.4. The quantitative estimate of drug-likeness (QED) is 0.600. The number of hydrogen-bond donors (Lipinski definition) is 0. The third kappa shape index (κ3) is 3.66. The van der Waals surface area contributed by atoms with E-state index in [1.165, 1.54) is 11.3 Å². The molecule has 0 unspecified atom stereocenters. The summed E-state index contributed by atoms with van der Waals surface area (Å²) in [5.41, 5.74) is 2.11. The van der Waals surface area contributed by atoms with Gasteiger partial charge in [-0.1, -0.05) is 11.3 Å². The Balaban J connectivity index is 2.43. The largest absolute Gasteiger partial charge is 0.372 e. The average molecular weight is 303 g/mol. The van der Waals surface area contributed by atoms with E-state index >= 15 is 0 Å². The Bertz CT molecular complexity index is 633. The summed E-state index contributed by atoms with van der Waals surface area (Å²) < 4.78 is 0. The zero-order valence-electron chi connectivity index (χ0n) is 12.0. The highest BCUT2D eigenvalue weighted by Gasteiger charge is 2.12. The summed E-state index contributed by atoms with van der Waals surface area (Å²) in [5, 5.41) is 11.0. The second-order valence-electron chi connectivity index (χ2n) is 4.37. The Kier molecular flexibility index (Phi) is 5.05. The van der Waals surface area contributed by atoms with Gasteiger partial charge in [0.2, 0.25) is 0 Å². The molecular weight excluding hydrogens is 286 g/mol. The number of rotatable bonds is 6. The molecule has 0 amide bonds. The Morgan fingerprint density at radius 2 is 1.95 bits per heavy atom. The summed E-state index contributed by atoms with van der Waals surface area (Å²) in [5.74, 6) is 0. The van der Waals surface area contributed by atoms with Crippen LogP contribution in [0.1, 0.15) is 24.3 Å². The molecule has 0 aliphatic heterocycles. The Labute approximate surface area is 127 Å². The molecule has 0 radical (unpaired) electrons. The van der Waals surface area contributed by atoms with Gasteiger partial charge in [-0.25, -0.2) is 0 Å². The number of thiophene rings is 1. The molecule has 6 heteroatoms. The van der Waals surface area contributed by atoms with Crippen molar-refractivity contribution in [1.29, 1.82) is 0 Å².